The van der Waals surface area contributed by atoms with Crippen LogP contribution < -0.4 is 4.74 Å². The zero-order valence-electron chi connectivity index (χ0n) is 12.5. The topological polar surface area (TPSA) is 35.0 Å². The molecule has 0 spiro atoms. The van der Waals surface area contributed by atoms with Crippen LogP contribution in [0.15, 0.2) is 59.5 Å². The van der Waals surface area contributed by atoms with Crippen LogP contribution in [0.2, 0.25) is 5.02 Å². The standard InChI is InChI=1S/C18H14BrClN2O/c1-23-18-16(14-3-2-4-15(20)9-14)8-13(11-22-18)7-12-5-6-17(19)21-10-12/h2-6,8-11H,7H2,1H3. The van der Waals surface area contributed by atoms with Crippen LogP contribution >= 0.6 is 27.5 Å². The molecule has 0 unspecified atom stereocenters. The number of hydrogen-bond donors (Lipinski definition) is 0. The van der Waals surface area contributed by atoms with Gasteiger partial charge in [0.1, 0.15) is 4.60 Å². The van der Waals surface area contributed by atoms with Crippen molar-refractivity contribution in [2.24, 2.45) is 0 Å². The normalized spacial score (nSPS) is 10.6. The lowest BCUT2D eigenvalue weighted by Gasteiger charge is -2.10. The smallest absolute Gasteiger partial charge is 0.221 e. The summed E-state index contributed by atoms with van der Waals surface area (Å²) in [6, 6.07) is 13.7. The molecule has 0 N–H and O–H groups in total. The van der Waals surface area contributed by atoms with Gasteiger partial charge in [-0.3, -0.25) is 0 Å². The fraction of sp³-hybridized carbons (Fsp3) is 0.111. The van der Waals surface area contributed by atoms with Crippen molar-refractivity contribution in [1.29, 1.82) is 0 Å². The molecule has 0 fully saturated rings. The Hall–Kier alpha value is -1.91. The highest BCUT2D eigenvalue weighted by Crippen LogP contribution is 2.31. The first kappa shape index (κ1) is 16.0. The van der Waals surface area contributed by atoms with Gasteiger partial charge < -0.3 is 4.74 Å². The fourth-order valence-corrected chi connectivity index (χ4v) is 2.79. The second-order valence-corrected chi connectivity index (χ2v) is 6.33. The zero-order valence-corrected chi connectivity index (χ0v) is 14.8. The van der Waals surface area contributed by atoms with Gasteiger partial charge in [0.25, 0.3) is 0 Å². The summed E-state index contributed by atoms with van der Waals surface area (Å²) >= 11 is 9.45. The van der Waals surface area contributed by atoms with Crippen molar-refractivity contribution in [2.45, 2.75) is 6.42 Å². The van der Waals surface area contributed by atoms with Crippen LogP contribution in [-0.4, -0.2) is 17.1 Å². The molecule has 0 bridgehead atoms. The summed E-state index contributed by atoms with van der Waals surface area (Å²) < 4.78 is 6.22. The number of pyridine rings is 2. The zero-order chi connectivity index (χ0) is 16.2. The molecule has 0 aliphatic heterocycles. The Balaban J connectivity index is 1.97. The van der Waals surface area contributed by atoms with Gasteiger partial charge in [0.15, 0.2) is 0 Å². The molecule has 0 saturated carbocycles. The first-order chi connectivity index (χ1) is 11.2. The van der Waals surface area contributed by atoms with E-state index in [1.807, 2.05) is 48.8 Å². The molecule has 23 heavy (non-hydrogen) atoms. The van der Waals surface area contributed by atoms with Gasteiger partial charge in [-0.05, 0) is 56.9 Å². The first-order valence-corrected chi connectivity index (χ1v) is 8.22. The molecule has 3 nitrogen and oxygen atoms in total. The van der Waals surface area contributed by atoms with Gasteiger partial charge in [0.2, 0.25) is 5.88 Å². The lowest BCUT2D eigenvalue weighted by molar-refractivity contribution is 0.399. The van der Waals surface area contributed by atoms with E-state index in [9.17, 15) is 0 Å². The lowest BCUT2D eigenvalue weighted by atomic mass is 10.0. The molecule has 2 heterocycles. The predicted octanol–water partition coefficient (Wildman–Crippen LogP) is 5.16. The average molecular weight is 390 g/mol. The second kappa shape index (κ2) is 7.11. The van der Waals surface area contributed by atoms with E-state index in [-0.39, 0.29) is 0 Å². The van der Waals surface area contributed by atoms with Crippen LogP contribution in [0.1, 0.15) is 11.1 Å². The first-order valence-electron chi connectivity index (χ1n) is 7.05. The SMILES string of the molecule is COc1ncc(Cc2ccc(Br)nc2)cc1-c1cccc(Cl)c1. The Labute approximate surface area is 148 Å². The molecule has 0 saturated heterocycles. The summed E-state index contributed by atoms with van der Waals surface area (Å²) in [7, 11) is 1.62. The molecule has 3 rings (SSSR count). The van der Waals surface area contributed by atoms with E-state index < -0.39 is 0 Å². The monoisotopic (exact) mass is 388 g/mol. The average Bonchev–Trinajstić information content (AvgIpc) is 2.57. The maximum Gasteiger partial charge on any atom is 0.221 e. The van der Waals surface area contributed by atoms with Gasteiger partial charge in [-0.2, -0.15) is 0 Å². The van der Waals surface area contributed by atoms with Crippen molar-refractivity contribution < 1.29 is 4.74 Å². The Kier molecular flexibility index (Phi) is 4.94. The van der Waals surface area contributed by atoms with E-state index in [2.05, 4.69) is 32.0 Å². The molecular weight excluding hydrogens is 376 g/mol. The third-order valence-electron chi connectivity index (χ3n) is 3.43. The lowest BCUT2D eigenvalue weighted by Crippen LogP contribution is -1.96. The third kappa shape index (κ3) is 3.89. The quantitative estimate of drug-likeness (QED) is 0.578. The molecule has 5 heteroatoms. The van der Waals surface area contributed by atoms with E-state index in [0.717, 1.165) is 33.3 Å². The molecule has 0 amide bonds. The predicted molar refractivity (Wildman–Crippen MR) is 96.0 cm³/mol. The Bertz CT molecular complexity index is 822. The molecule has 3 aromatic rings. The summed E-state index contributed by atoms with van der Waals surface area (Å²) in [6.07, 6.45) is 4.44. The number of hydrogen-bond acceptors (Lipinski definition) is 3. The number of aromatic nitrogens is 2. The van der Waals surface area contributed by atoms with Gasteiger partial charge in [-0.1, -0.05) is 29.8 Å². The molecule has 0 radical (unpaired) electrons. The Morgan fingerprint density at radius 1 is 1.04 bits per heavy atom. The highest BCUT2D eigenvalue weighted by Gasteiger charge is 2.10. The van der Waals surface area contributed by atoms with E-state index >= 15 is 0 Å². The van der Waals surface area contributed by atoms with E-state index in [1.165, 1.54) is 0 Å². The van der Waals surface area contributed by atoms with Crippen LogP contribution in [0.3, 0.4) is 0 Å². The van der Waals surface area contributed by atoms with Gasteiger partial charge in [-0.25, -0.2) is 9.97 Å². The molecule has 1 aromatic carbocycles. The summed E-state index contributed by atoms with van der Waals surface area (Å²) in [6.45, 7) is 0. The fourth-order valence-electron chi connectivity index (χ4n) is 2.36. The number of ether oxygens (including phenoxy) is 1. The number of methoxy groups -OCH3 is 1. The van der Waals surface area contributed by atoms with Crippen LogP contribution in [0.4, 0.5) is 0 Å². The van der Waals surface area contributed by atoms with Gasteiger partial charge in [-0.15, -0.1) is 0 Å². The van der Waals surface area contributed by atoms with Crippen LogP contribution in [-0.2, 0) is 6.42 Å². The minimum Gasteiger partial charge on any atom is -0.481 e. The molecular formula is C18H14BrClN2O. The largest absolute Gasteiger partial charge is 0.481 e. The highest BCUT2D eigenvalue weighted by molar-refractivity contribution is 9.10. The second-order valence-electron chi connectivity index (χ2n) is 5.08. The van der Waals surface area contributed by atoms with Gasteiger partial charge in [0, 0.05) is 29.4 Å². The number of nitrogens with zero attached hydrogens (tertiary/aromatic N) is 2. The molecule has 0 aliphatic carbocycles. The Morgan fingerprint density at radius 3 is 2.57 bits per heavy atom. The number of benzene rings is 1. The highest BCUT2D eigenvalue weighted by atomic mass is 79.9. The van der Waals surface area contributed by atoms with Crippen molar-refractivity contribution in [2.75, 3.05) is 7.11 Å². The summed E-state index contributed by atoms with van der Waals surface area (Å²) in [4.78, 5) is 8.68. The van der Waals surface area contributed by atoms with Gasteiger partial charge in [0.05, 0.1) is 7.11 Å². The van der Waals surface area contributed by atoms with Crippen molar-refractivity contribution in [3.63, 3.8) is 0 Å². The van der Waals surface area contributed by atoms with E-state index in [4.69, 9.17) is 16.3 Å². The number of rotatable bonds is 4. The molecule has 116 valence electrons. The van der Waals surface area contributed by atoms with Gasteiger partial charge >= 0.3 is 0 Å². The van der Waals surface area contributed by atoms with Crippen molar-refractivity contribution in [3.8, 4) is 17.0 Å². The van der Waals surface area contributed by atoms with E-state index in [1.54, 1.807) is 7.11 Å². The minimum absolute atomic E-state index is 0.588. The maximum atomic E-state index is 6.10. The summed E-state index contributed by atoms with van der Waals surface area (Å²) in [5.74, 6) is 0.588. The summed E-state index contributed by atoms with van der Waals surface area (Å²) in [5, 5.41) is 0.687. The Morgan fingerprint density at radius 2 is 1.87 bits per heavy atom. The summed E-state index contributed by atoms with van der Waals surface area (Å²) in [5.41, 5.74) is 4.12. The van der Waals surface area contributed by atoms with Crippen molar-refractivity contribution >= 4 is 27.5 Å². The number of halogens is 2. The minimum atomic E-state index is 0.588. The van der Waals surface area contributed by atoms with Crippen LogP contribution in [0.5, 0.6) is 5.88 Å². The molecule has 0 atom stereocenters. The maximum absolute atomic E-state index is 6.10. The van der Waals surface area contributed by atoms with Crippen molar-refractivity contribution in [3.05, 3.63) is 75.6 Å². The molecule has 0 aliphatic rings. The van der Waals surface area contributed by atoms with Crippen LogP contribution in [0, 0.1) is 0 Å². The van der Waals surface area contributed by atoms with E-state index in [0.29, 0.717) is 10.9 Å². The third-order valence-corrected chi connectivity index (χ3v) is 4.14. The molecule has 2 aromatic heterocycles. The van der Waals surface area contributed by atoms with Crippen molar-refractivity contribution in [1.82, 2.24) is 9.97 Å². The van der Waals surface area contributed by atoms with Crippen LogP contribution in [0.25, 0.3) is 11.1 Å².